The van der Waals surface area contributed by atoms with E-state index in [1.807, 2.05) is 32.0 Å². The summed E-state index contributed by atoms with van der Waals surface area (Å²) in [4.78, 5) is 11.5. The SMILES string of the molecule is Cc1ccc(C(O)CNC(=O)OC(C)(C)C)c(C)c1. The number of hydrogen-bond donors (Lipinski definition) is 2. The maximum Gasteiger partial charge on any atom is 0.407 e. The zero-order valence-corrected chi connectivity index (χ0v) is 12.3. The van der Waals surface area contributed by atoms with Gasteiger partial charge in [-0.05, 0) is 45.7 Å². The summed E-state index contributed by atoms with van der Waals surface area (Å²) in [5.74, 6) is 0. The van der Waals surface area contributed by atoms with Crippen molar-refractivity contribution in [2.75, 3.05) is 6.54 Å². The molecule has 106 valence electrons. The highest BCUT2D eigenvalue weighted by Gasteiger charge is 2.17. The van der Waals surface area contributed by atoms with Gasteiger partial charge in [-0.15, -0.1) is 0 Å². The fourth-order valence-corrected chi connectivity index (χ4v) is 1.80. The Balaban J connectivity index is 2.56. The largest absolute Gasteiger partial charge is 0.444 e. The molecule has 0 aromatic heterocycles. The summed E-state index contributed by atoms with van der Waals surface area (Å²) in [6.07, 6.45) is -1.25. The van der Waals surface area contributed by atoms with E-state index in [1.165, 1.54) is 0 Å². The van der Waals surface area contributed by atoms with Crippen LogP contribution in [0.1, 0.15) is 43.6 Å². The number of nitrogens with one attached hydrogen (secondary N) is 1. The van der Waals surface area contributed by atoms with E-state index in [2.05, 4.69) is 5.32 Å². The molecule has 1 aromatic rings. The zero-order chi connectivity index (χ0) is 14.6. The van der Waals surface area contributed by atoms with Gasteiger partial charge in [0.05, 0.1) is 12.6 Å². The molecular weight excluding hydrogens is 242 g/mol. The number of aliphatic hydroxyl groups is 1. The van der Waals surface area contributed by atoms with Crippen molar-refractivity contribution in [2.45, 2.75) is 46.3 Å². The standard InChI is InChI=1S/C15H23NO3/c1-10-6-7-12(11(2)8-10)13(17)9-16-14(18)19-15(3,4)5/h6-8,13,17H,9H2,1-5H3,(H,16,18). The molecular formula is C15H23NO3. The first kappa shape index (κ1) is 15.5. The summed E-state index contributed by atoms with van der Waals surface area (Å²) in [7, 11) is 0. The quantitative estimate of drug-likeness (QED) is 0.883. The lowest BCUT2D eigenvalue weighted by Gasteiger charge is -2.21. The summed E-state index contributed by atoms with van der Waals surface area (Å²) >= 11 is 0. The second-order valence-electron chi connectivity index (χ2n) is 5.76. The summed E-state index contributed by atoms with van der Waals surface area (Å²) in [6, 6.07) is 5.83. The highest BCUT2D eigenvalue weighted by molar-refractivity contribution is 5.67. The number of amides is 1. The molecule has 0 fully saturated rings. The fourth-order valence-electron chi connectivity index (χ4n) is 1.80. The number of carbonyl (C=O) groups excluding carboxylic acids is 1. The van der Waals surface area contributed by atoms with Crippen LogP contribution in [0.2, 0.25) is 0 Å². The van der Waals surface area contributed by atoms with Crippen LogP contribution in [0.15, 0.2) is 18.2 Å². The zero-order valence-electron chi connectivity index (χ0n) is 12.3. The molecule has 0 aliphatic heterocycles. The lowest BCUT2D eigenvalue weighted by molar-refractivity contribution is 0.0491. The van der Waals surface area contributed by atoms with Crippen LogP contribution < -0.4 is 5.32 Å². The minimum absolute atomic E-state index is 0.138. The molecule has 1 unspecified atom stereocenters. The number of aliphatic hydroxyl groups excluding tert-OH is 1. The van der Waals surface area contributed by atoms with Crippen molar-refractivity contribution in [3.63, 3.8) is 0 Å². The Morgan fingerprint density at radius 2 is 2.00 bits per heavy atom. The first-order chi connectivity index (χ1) is 8.69. The number of carbonyl (C=O) groups is 1. The van der Waals surface area contributed by atoms with Crippen molar-refractivity contribution in [3.05, 3.63) is 34.9 Å². The number of ether oxygens (including phenoxy) is 1. The minimum atomic E-state index is -0.729. The molecule has 0 saturated heterocycles. The molecule has 0 heterocycles. The second kappa shape index (κ2) is 6.06. The first-order valence-electron chi connectivity index (χ1n) is 6.41. The van der Waals surface area contributed by atoms with Gasteiger partial charge in [-0.25, -0.2) is 4.79 Å². The molecule has 1 aromatic carbocycles. The van der Waals surface area contributed by atoms with E-state index in [9.17, 15) is 9.90 Å². The lowest BCUT2D eigenvalue weighted by atomic mass is 10.0. The molecule has 1 rings (SSSR count). The normalized spacial score (nSPS) is 12.9. The van der Waals surface area contributed by atoms with Gasteiger partial charge in [0.1, 0.15) is 5.60 Å². The summed E-state index contributed by atoms with van der Waals surface area (Å²) in [5.41, 5.74) is 2.45. The van der Waals surface area contributed by atoms with Gasteiger partial charge in [-0.3, -0.25) is 0 Å². The van der Waals surface area contributed by atoms with Crippen molar-refractivity contribution in [2.24, 2.45) is 0 Å². The van der Waals surface area contributed by atoms with Crippen LogP contribution in [0.3, 0.4) is 0 Å². The van der Waals surface area contributed by atoms with Crippen LogP contribution in [0.5, 0.6) is 0 Å². The van der Waals surface area contributed by atoms with E-state index >= 15 is 0 Å². The molecule has 0 saturated carbocycles. The first-order valence-corrected chi connectivity index (χ1v) is 6.41. The van der Waals surface area contributed by atoms with E-state index in [4.69, 9.17) is 4.74 Å². The third-order valence-corrected chi connectivity index (χ3v) is 2.62. The molecule has 1 amide bonds. The van der Waals surface area contributed by atoms with Gasteiger partial charge in [0.25, 0.3) is 0 Å². The van der Waals surface area contributed by atoms with Crippen LogP contribution in [-0.2, 0) is 4.74 Å². The van der Waals surface area contributed by atoms with Crippen LogP contribution in [0.25, 0.3) is 0 Å². The Morgan fingerprint density at radius 3 is 2.53 bits per heavy atom. The lowest BCUT2D eigenvalue weighted by Crippen LogP contribution is -2.34. The smallest absolute Gasteiger partial charge is 0.407 e. The molecule has 0 bridgehead atoms. The van der Waals surface area contributed by atoms with Gasteiger partial charge in [0.2, 0.25) is 0 Å². The Hall–Kier alpha value is -1.55. The molecule has 19 heavy (non-hydrogen) atoms. The van der Waals surface area contributed by atoms with Gasteiger partial charge in [0.15, 0.2) is 0 Å². The molecule has 0 aliphatic rings. The van der Waals surface area contributed by atoms with Gasteiger partial charge in [-0.1, -0.05) is 23.8 Å². The van der Waals surface area contributed by atoms with Crippen LogP contribution >= 0.6 is 0 Å². The Morgan fingerprint density at radius 1 is 1.37 bits per heavy atom. The van der Waals surface area contributed by atoms with Gasteiger partial charge < -0.3 is 15.2 Å². The molecule has 1 atom stereocenters. The number of hydrogen-bond acceptors (Lipinski definition) is 3. The highest BCUT2D eigenvalue weighted by Crippen LogP contribution is 2.18. The molecule has 0 radical (unpaired) electrons. The van der Waals surface area contributed by atoms with Crippen molar-refractivity contribution >= 4 is 6.09 Å². The average Bonchev–Trinajstić information content (AvgIpc) is 2.23. The maximum atomic E-state index is 11.5. The number of rotatable bonds is 3. The molecule has 4 heteroatoms. The molecule has 4 nitrogen and oxygen atoms in total. The van der Waals surface area contributed by atoms with E-state index < -0.39 is 17.8 Å². The summed E-state index contributed by atoms with van der Waals surface area (Å²) in [6.45, 7) is 9.48. The van der Waals surface area contributed by atoms with Crippen LogP contribution in [-0.4, -0.2) is 23.3 Å². The number of alkyl carbamates (subject to hydrolysis) is 1. The fraction of sp³-hybridized carbons (Fsp3) is 0.533. The molecule has 2 N–H and O–H groups in total. The summed E-state index contributed by atoms with van der Waals surface area (Å²) < 4.78 is 5.11. The van der Waals surface area contributed by atoms with E-state index in [-0.39, 0.29) is 6.54 Å². The van der Waals surface area contributed by atoms with Gasteiger partial charge in [-0.2, -0.15) is 0 Å². The third kappa shape index (κ3) is 5.30. The van der Waals surface area contributed by atoms with E-state index in [1.54, 1.807) is 20.8 Å². The van der Waals surface area contributed by atoms with Gasteiger partial charge >= 0.3 is 6.09 Å². The van der Waals surface area contributed by atoms with E-state index in [0.717, 1.165) is 16.7 Å². The molecule has 0 spiro atoms. The Labute approximate surface area is 114 Å². The Kier molecular flexibility index (Phi) is 4.95. The van der Waals surface area contributed by atoms with E-state index in [0.29, 0.717) is 0 Å². The van der Waals surface area contributed by atoms with Crippen molar-refractivity contribution in [3.8, 4) is 0 Å². The minimum Gasteiger partial charge on any atom is -0.444 e. The number of aryl methyl sites for hydroxylation is 2. The second-order valence-corrected chi connectivity index (χ2v) is 5.76. The molecule has 0 aliphatic carbocycles. The Bertz CT molecular complexity index is 449. The summed E-state index contributed by atoms with van der Waals surface area (Å²) in [5, 5.41) is 12.6. The van der Waals surface area contributed by atoms with Crippen molar-refractivity contribution in [1.82, 2.24) is 5.32 Å². The van der Waals surface area contributed by atoms with Crippen molar-refractivity contribution in [1.29, 1.82) is 0 Å². The van der Waals surface area contributed by atoms with Crippen LogP contribution in [0.4, 0.5) is 4.79 Å². The van der Waals surface area contributed by atoms with Crippen LogP contribution in [0, 0.1) is 13.8 Å². The predicted molar refractivity (Wildman–Crippen MR) is 75.1 cm³/mol. The maximum absolute atomic E-state index is 11.5. The third-order valence-electron chi connectivity index (χ3n) is 2.62. The number of benzene rings is 1. The average molecular weight is 265 g/mol. The predicted octanol–water partition coefficient (Wildman–Crippen LogP) is 2.86. The van der Waals surface area contributed by atoms with Crippen molar-refractivity contribution < 1.29 is 14.6 Å². The topological polar surface area (TPSA) is 58.6 Å². The monoisotopic (exact) mass is 265 g/mol. The van der Waals surface area contributed by atoms with Gasteiger partial charge in [0, 0.05) is 0 Å². The highest BCUT2D eigenvalue weighted by atomic mass is 16.6.